The van der Waals surface area contributed by atoms with Crippen LogP contribution in [0.3, 0.4) is 0 Å². The molecule has 0 atom stereocenters. The summed E-state index contributed by atoms with van der Waals surface area (Å²) in [6, 6.07) is -7.49. The summed E-state index contributed by atoms with van der Waals surface area (Å²) in [7, 11) is 0. The van der Waals surface area contributed by atoms with Crippen molar-refractivity contribution in [3.8, 4) is 0 Å². The molecule has 0 bridgehead atoms. The second kappa shape index (κ2) is 11.1. The molecule has 3 aromatic carbocycles. The predicted molar refractivity (Wildman–Crippen MR) is 127 cm³/mol. The zero-order chi connectivity index (χ0) is 37.5. The molecule has 0 N–H and O–H groups in total. The maximum atomic E-state index is 15.8. The Bertz CT molecular complexity index is 1410. The molecule has 0 aliphatic carbocycles. The standard InChI is InChI=1S/C26H12F21P/c1-48(26(45,46)47,17-5-11(20(27,28)29)2-12(6-17)21(30,31)32,18-7-13(22(33,34)35)3-14(8-18)23(36,37)38)19-9-15(24(39,40)41)4-16(10-19)25(42,43)44/h2-10H,1H3. The molecule has 0 radical (unpaired) electrons. The van der Waals surface area contributed by atoms with Crippen molar-refractivity contribution in [1.29, 1.82) is 0 Å². The van der Waals surface area contributed by atoms with E-state index in [0.717, 1.165) is 0 Å². The number of halogens is 21. The number of rotatable bonds is 3. The molecule has 3 rings (SSSR count). The quantitative estimate of drug-likeness (QED) is 0.185. The van der Waals surface area contributed by atoms with E-state index in [1.807, 2.05) is 0 Å². The van der Waals surface area contributed by atoms with Gasteiger partial charge in [0.05, 0.1) is 0 Å². The summed E-state index contributed by atoms with van der Waals surface area (Å²) in [5.74, 6) is -6.81. The second-order valence-corrected chi connectivity index (χ2v) is 15.5. The van der Waals surface area contributed by atoms with Gasteiger partial charge in [0.1, 0.15) is 0 Å². The summed E-state index contributed by atoms with van der Waals surface area (Å²) in [5, 5.41) is -7.55. The van der Waals surface area contributed by atoms with Crippen molar-refractivity contribution >= 4 is 22.5 Å². The fourth-order valence-electron chi connectivity index (χ4n) is 4.67. The Kier molecular flexibility index (Phi) is 9.00. The maximum absolute atomic E-state index is 15.8. The van der Waals surface area contributed by atoms with Crippen LogP contribution in [0, 0.1) is 0 Å². The van der Waals surface area contributed by atoms with Gasteiger partial charge in [0.25, 0.3) is 0 Å². The van der Waals surface area contributed by atoms with Crippen LogP contribution < -0.4 is 15.9 Å². The molecule has 0 aliphatic heterocycles. The summed E-state index contributed by atoms with van der Waals surface area (Å²) in [6.45, 7) is -8.93. The van der Waals surface area contributed by atoms with Gasteiger partial charge >= 0.3 is 252 Å². The molecule has 0 spiro atoms. The molecule has 0 amide bonds. The summed E-state index contributed by atoms with van der Waals surface area (Å²) >= 11 is 0. The molecule has 48 heavy (non-hydrogen) atoms. The van der Waals surface area contributed by atoms with Crippen LogP contribution in [0.15, 0.2) is 54.6 Å². The first-order valence-corrected chi connectivity index (χ1v) is 14.7. The molecule has 0 saturated carbocycles. The minimum absolute atomic E-state index is 0.591. The van der Waals surface area contributed by atoms with Gasteiger partial charge in [-0.05, 0) is 0 Å². The first-order valence-electron chi connectivity index (χ1n) is 12.0. The van der Waals surface area contributed by atoms with Crippen LogP contribution in [-0.2, 0) is 37.1 Å². The third-order valence-electron chi connectivity index (χ3n) is 7.29. The third-order valence-corrected chi connectivity index (χ3v) is 13.2. The Hall–Kier alpha value is -3.38. The summed E-state index contributed by atoms with van der Waals surface area (Å²) in [4.78, 5) is 0. The SMILES string of the molecule is CP(c1cc(C(F)(F)F)cc(C(F)(F)F)c1)(c1cc(C(F)(F)F)cc(C(F)(F)F)c1)(c1cc(C(F)(F)F)cc(C(F)(F)F)c1)C(F)(F)F. The van der Waals surface area contributed by atoms with Gasteiger partial charge in [0.15, 0.2) is 0 Å². The Morgan fingerprint density at radius 2 is 0.438 bits per heavy atom. The summed E-state index contributed by atoms with van der Waals surface area (Å²) < 4.78 is 296. The van der Waals surface area contributed by atoms with Crippen LogP contribution in [0.25, 0.3) is 0 Å². The van der Waals surface area contributed by atoms with E-state index in [0.29, 0.717) is 0 Å². The summed E-state index contributed by atoms with van der Waals surface area (Å²) in [6.07, 6.45) is -36.5. The first kappa shape index (κ1) is 39.1. The van der Waals surface area contributed by atoms with Crippen LogP contribution in [0.1, 0.15) is 33.4 Å². The van der Waals surface area contributed by atoms with E-state index in [1.54, 1.807) is 0 Å². The molecule has 0 nitrogen and oxygen atoms in total. The van der Waals surface area contributed by atoms with Gasteiger partial charge in [0, 0.05) is 0 Å². The van der Waals surface area contributed by atoms with Crippen LogP contribution >= 0.6 is 6.60 Å². The van der Waals surface area contributed by atoms with Crippen molar-refractivity contribution in [3.63, 3.8) is 0 Å². The normalized spacial score (nSPS) is 15.3. The minimum atomic E-state index is -8.34. The van der Waals surface area contributed by atoms with E-state index in [1.165, 1.54) is 0 Å². The van der Waals surface area contributed by atoms with Crippen molar-refractivity contribution in [2.24, 2.45) is 0 Å². The predicted octanol–water partition coefficient (Wildman–Crippen LogP) is 10.8. The van der Waals surface area contributed by atoms with E-state index in [4.69, 9.17) is 0 Å². The Labute approximate surface area is 253 Å². The van der Waals surface area contributed by atoms with Gasteiger partial charge in [0.2, 0.25) is 0 Å². The zero-order valence-electron chi connectivity index (χ0n) is 22.6. The number of hydrogen-bond donors (Lipinski definition) is 0. The first-order chi connectivity index (χ1) is 21.0. The van der Waals surface area contributed by atoms with E-state index in [-0.39, 0.29) is 0 Å². The van der Waals surface area contributed by atoms with E-state index < -0.39 is 160 Å². The molecular formula is C26H12F21P. The Morgan fingerprint density at radius 1 is 0.292 bits per heavy atom. The molecular weight excluding hydrogens is 742 g/mol. The number of benzene rings is 3. The van der Waals surface area contributed by atoms with Crippen molar-refractivity contribution in [3.05, 3.63) is 88.0 Å². The van der Waals surface area contributed by atoms with Crippen molar-refractivity contribution < 1.29 is 92.2 Å². The van der Waals surface area contributed by atoms with Crippen molar-refractivity contribution in [1.82, 2.24) is 0 Å². The van der Waals surface area contributed by atoms with Crippen molar-refractivity contribution in [2.75, 3.05) is 6.66 Å². The van der Waals surface area contributed by atoms with E-state index >= 15 is 13.2 Å². The molecule has 0 aromatic heterocycles. The molecule has 0 saturated heterocycles. The molecule has 0 fully saturated rings. The van der Waals surface area contributed by atoms with E-state index in [2.05, 4.69) is 0 Å². The van der Waals surface area contributed by atoms with Crippen LogP contribution in [0.4, 0.5) is 92.2 Å². The van der Waals surface area contributed by atoms with Gasteiger partial charge in [-0.1, -0.05) is 0 Å². The topological polar surface area (TPSA) is 0 Å². The summed E-state index contributed by atoms with van der Waals surface area (Å²) in [5.41, 5.74) is -16.1. The zero-order valence-corrected chi connectivity index (χ0v) is 23.5. The Morgan fingerprint density at radius 3 is 0.542 bits per heavy atom. The van der Waals surface area contributed by atoms with Gasteiger partial charge in [-0.15, -0.1) is 0 Å². The molecule has 3 aromatic rings. The molecule has 0 unspecified atom stereocenters. The van der Waals surface area contributed by atoms with Crippen molar-refractivity contribution in [2.45, 2.75) is 43.0 Å². The molecule has 22 heteroatoms. The molecule has 0 heterocycles. The number of alkyl halides is 21. The Balaban J connectivity index is 2.95. The number of hydrogen-bond acceptors (Lipinski definition) is 0. The van der Waals surface area contributed by atoms with Gasteiger partial charge < -0.3 is 0 Å². The van der Waals surface area contributed by atoms with Crippen LogP contribution in [0.5, 0.6) is 0 Å². The van der Waals surface area contributed by atoms with Gasteiger partial charge in [-0.2, -0.15) is 0 Å². The fraction of sp³-hybridized carbons (Fsp3) is 0.308. The second-order valence-electron chi connectivity index (χ2n) is 10.3. The average molecular weight is 754 g/mol. The monoisotopic (exact) mass is 754 g/mol. The molecule has 268 valence electrons. The van der Waals surface area contributed by atoms with Gasteiger partial charge in [-0.3, -0.25) is 0 Å². The van der Waals surface area contributed by atoms with Crippen LogP contribution in [0.2, 0.25) is 0 Å². The van der Waals surface area contributed by atoms with Gasteiger partial charge in [-0.25, -0.2) is 0 Å². The van der Waals surface area contributed by atoms with Crippen LogP contribution in [-0.4, -0.2) is 12.6 Å². The average Bonchev–Trinajstić information content (AvgIpc) is 2.88. The van der Waals surface area contributed by atoms with E-state index in [9.17, 15) is 79.0 Å². The molecule has 0 aliphatic rings. The third kappa shape index (κ3) is 6.75. The fourth-order valence-corrected chi connectivity index (χ4v) is 9.21.